The molecule has 0 saturated heterocycles. The second-order valence-electron chi connectivity index (χ2n) is 5.88. The predicted octanol–water partition coefficient (Wildman–Crippen LogP) is 2.67. The fourth-order valence-electron chi connectivity index (χ4n) is 2.57. The predicted molar refractivity (Wildman–Crippen MR) is 123 cm³/mol. The number of hydrogen-bond acceptors (Lipinski definition) is 6. The van der Waals surface area contributed by atoms with Crippen LogP contribution >= 0.6 is 35.3 Å². The smallest absolute Gasteiger partial charge is 0.263 e. The van der Waals surface area contributed by atoms with Crippen LogP contribution in [0, 0.1) is 6.92 Å². The number of nitrogens with one attached hydrogen (secondary N) is 3. The molecule has 0 aromatic carbocycles. The van der Waals surface area contributed by atoms with E-state index in [2.05, 4.69) is 38.0 Å². The number of aromatic nitrogens is 2. The maximum absolute atomic E-state index is 12.1. The SMILES string of the molecule is CCNC(=NCc1c(CC)noc1CC)NCCNC(=O)c1scnc1C.I. The summed E-state index contributed by atoms with van der Waals surface area (Å²) < 4.78 is 5.39. The average Bonchev–Trinajstić information content (AvgIpc) is 3.28. The van der Waals surface area contributed by atoms with Gasteiger partial charge in [-0.15, -0.1) is 35.3 Å². The molecule has 8 nitrogen and oxygen atoms in total. The zero-order valence-electron chi connectivity index (χ0n) is 16.8. The molecule has 1 amide bonds. The fraction of sp³-hybridized carbons (Fsp3) is 0.556. The first-order chi connectivity index (χ1) is 13.1. The molecule has 2 rings (SSSR count). The Labute approximate surface area is 187 Å². The van der Waals surface area contributed by atoms with Crippen LogP contribution in [0.15, 0.2) is 15.0 Å². The Bertz CT molecular complexity index is 752. The number of aliphatic imine (C=N–C) groups is 1. The Hall–Kier alpha value is -1.69. The molecule has 0 saturated carbocycles. The van der Waals surface area contributed by atoms with Crippen molar-refractivity contribution < 1.29 is 9.32 Å². The molecule has 3 N–H and O–H groups in total. The Morgan fingerprint density at radius 3 is 2.54 bits per heavy atom. The summed E-state index contributed by atoms with van der Waals surface area (Å²) in [6.45, 7) is 10.3. The highest BCUT2D eigenvalue weighted by atomic mass is 127. The molecule has 156 valence electrons. The molecular weight excluding hydrogens is 491 g/mol. The van der Waals surface area contributed by atoms with E-state index >= 15 is 0 Å². The highest BCUT2D eigenvalue weighted by Gasteiger charge is 2.13. The molecule has 0 aliphatic carbocycles. The Balaban J connectivity index is 0.00000392. The normalized spacial score (nSPS) is 11.1. The maximum Gasteiger partial charge on any atom is 0.263 e. The van der Waals surface area contributed by atoms with E-state index in [0.29, 0.717) is 30.5 Å². The monoisotopic (exact) mass is 520 g/mol. The number of thiazole rings is 1. The van der Waals surface area contributed by atoms with Gasteiger partial charge in [-0.05, 0) is 20.3 Å². The minimum atomic E-state index is -0.0941. The van der Waals surface area contributed by atoms with Gasteiger partial charge >= 0.3 is 0 Å². The molecule has 0 atom stereocenters. The number of guanidine groups is 1. The van der Waals surface area contributed by atoms with Crippen LogP contribution in [0.5, 0.6) is 0 Å². The van der Waals surface area contributed by atoms with Crippen LogP contribution in [0.2, 0.25) is 0 Å². The van der Waals surface area contributed by atoms with Crippen LogP contribution in [0.3, 0.4) is 0 Å². The van der Waals surface area contributed by atoms with E-state index in [1.165, 1.54) is 11.3 Å². The van der Waals surface area contributed by atoms with Gasteiger partial charge in [0.2, 0.25) is 0 Å². The highest BCUT2D eigenvalue weighted by molar-refractivity contribution is 14.0. The van der Waals surface area contributed by atoms with Crippen LogP contribution in [-0.4, -0.2) is 41.6 Å². The first-order valence-corrected chi connectivity index (χ1v) is 10.1. The number of carbonyl (C=O) groups excluding carboxylic acids is 1. The summed E-state index contributed by atoms with van der Waals surface area (Å²) in [7, 11) is 0. The Kier molecular flexibility index (Phi) is 11.0. The molecule has 0 aliphatic heterocycles. The minimum Gasteiger partial charge on any atom is -0.361 e. The lowest BCUT2D eigenvalue weighted by molar-refractivity contribution is 0.0957. The second kappa shape index (κ2) is 12.7. The van der Waals surface area contributed by atoms with Crippen molar-refractivity contribution in [1.29, 1.82) is 0 Å². The first-order valence-electron chi connectivity index (χ1n) is 9.27. The minimum absolute atomic E-state index is 0. The summed E-state index contributed by atoms with van der Waals surface area (Å²) in [5.41, 5.74) is 4.45. The fourth-order valence-corrected chi connectivity index (χ4v) is 3.29. The summed E-state index contributed by atoms with van der Waals surface area (Å²) in [6.07, 6.45) is 1.62. The van der Waals surface area contributed by atoms with Crippen LogP contribution in [0.25, 0.3) is 0 Å². The van der Waals surface area contributed by atoms with Crippen molar-refractivity contribution >= 4 is 47.2 Å². The van der Waals surface area contributed by atoms with Crippen molar-refractivity contribution in [1.82, 2.24) is 26.1 Å². The number of halogens is 1. The largest absolute Gasteiger partial charge is 0.361 e. The van der Waals surface area contributed by atoms with E-state index in [9.17, 15) is 4.79 Å². The third-order valence-corrected chi connectivity index (χ3v) is 4.93. The number of carbonyl (C=O) groups is 1. The quantitative estimate of drug-likeness (QED) is 0.203. The van der Waals surface area contributed by atoms with E-state index in [4.69, 9.17) is 4.52 Å². The van der Waals surface area contributed by atoms with Gasteiger partial charge in [0.25, 0.3) is 5.91 Å². The van der Waals surface area contributed by atoms with Gasteiger partial charge < -0.3 is 20.5 Å². The molecule has 0 unspecified atom stereocenters. The van der Waals surface area contributed by atoms with Crippen molar-refractivity contribution in [2.45, 2.75) is 47.1 Å². The van der Waals surface area contributed by atoms with Crippen molar-refractivity contribution in [3.8, 4) is 0 Å². The molecule has 10 heteroatoms. The summed E-state index contributed by atoms with van der Waals surface area (Å²) in [5, 5.41) is 13.5. The second-order valence-corrected chi connectivity index (χ2v) is 6.74. The number of nitrogens with zero attached hydrogens (tertiary/aromatic N) is 3. The molecule has 0 radical (unpaired) electrons. The highest BCUT2D eigenvalue weighted by Crippen LogP contribution is 2.16. The van der Waals surface area contributed by atoms with Gasteiger partial charge in [0.05, 0.1) is 23.4 Å². The van der Waals surface area contributed by atoms with Gasteiger partial charge in [-0.3, -0.25) is 4.79 Å². The van der Waals surface area contributed by atoms with Crippen LogP contribution in [-0.2, 0) is 19.4 Å². The Morgan fingerprint density at radius 1 is 1.18 bits per heavy atom. The first kappa shape index (κ1) is 24.3. The van der Waals surface area contributed by atoms with E-state index in [-0.39, 0.29) is 29.9 Å². The molecule has 0 bridgehead atoms. The molecule has 2 aromatic heterocycles. The molecule has 0 aliphatic rings. The summed E-state index contributed by atoms with van der Waals surface area (Å²) in [4.78, 5) is 21.5. The van der Waals surface area contributed by atoms with Gasteiger partial charge in [0, 0.05) is 31.6 Å². The lowest BCUT2D eigenvalue weighted by atomic mass is 10.1. The topological polar surface area (TPSA) is 104 Å². The third-order valence-electron chi connectivity index (χ3n) is 4.00. The Morgan fingerprint density at radius 2 is 1.93 bits per heavy atom. The van der Waals surface area contributed by atoms with Gasteiger partial charge in [-0.1, -0.05) is 19.0 Å². The van der Waals surface area contributed by atoms with Gasteiger partial charge in [0.15, 0.2) is 5.96 Å². The van der Waals surface area contributed by atoms with Crippen LogP contribution in [0.4, 0.5) is 0 Å². The summed E-state index contributed by atoms with van der Waals surface area (Å²) in [6, 6.07) is 0. The molecule has 2 aromatic rings. The van der Waals surface area contributed by atoms with Gasteiger partial charge in [-0.25, -0.2) is 9.98 Å². The average molecular weight is 520 g/mol. The standard InChI is InChI=1S/C18H28N6O2S.HI/c1-5-14-13(15(6-2)26-24-14)10-22-18(19-7-3)21-9-8-20-17(25)16-12(4)23-11-27-16;/h11H,5-10H2,1-4H3,(H,20,25)(H2,19,21,22);1H. The van der Waals surface area contributed by atoms with Crippen LogP contribution < -0.4 is 16.0 Å². The molecular formula is C18H29IN6O2S. The van der Waals surface area contributed by atoms with Crippen molar-refractivity contribution in [2.24, 2.45) is 4.99 Å². The lowest BCUT2D eigenvalue weighted by Crippen LogP contribution is -2.41. The van der Waals surface area contributed by atoms with E-state index in [1.807, 2.05) is 20.8 Å². The van der Waals surface area contributed by atoms with E-state index in [0.717, 1.165) is 42.1 Å². The van der Waals surface area contributed by atoms with Gasteiger partial charge in [-0.2, -0.15) is 0 Å². The zero-order chi connectivity index (χ0) is 19.6. The number of aryl methyl sites for hydroxylation is 3. The van der Waals surface area contributed by atoms with Crippen molar-refractivity contribution in [2.75, 3.05) is 19.6 Å². The maximum atomic E-state index is 12.1. The summed E-state index contributed by atoms with van der Waals surface area (Å²) >= 11 is 1.35. The van der Waals surface area contributed by atoms with E-state index in [1.54, 1.807) is 5.51 Å². The van der Waals surface area contributed by atoms with Crippen molar-refractivity contribution in [3.63, 3.8) is 0 Å². The van der Waals surface area contributed by atoms with Gasteiger partial charge in [0.1, 0.15) is 10.6 Å². The van der Waals surface area contributed by atoms with E-state index < -0.39 is 0 Å². The lowest BCUT2D eigenvalue weighted by Gasteiger charge is -2.12. The molecule has 28 heavy (non-hydrogen) atoms. The molecule has 2 heterocycles. The molecule has 0 spiro atoms. The van der Waals surface area contributed by atoms with Crippen LogP contribution in [0.1, 0.15) is 53.2 Å². The third kappa shape index (κ3) is 6.73. The number of rotatable bonds is 9. The summed E-state index contributed by atoms with van der Waals surface area (Å²) in [5.74, 6) is 1.49. The zero-order valence-corrected chi connectivity index (χ0v) is 19.9. The van der Waals surface area contributed by atoms with Crippen molar-refractivity contribution in [3.05, 3.63) is 33.1 Å². The molecule has 0 fully saturated rings. The number of amides is 1. The number of hydrogen-bond donors (Lipinski definition) is 3.